The van der Waals surface area contributed by atoms with E-state index in [1.807, 2.05) is 0 Å². The van der Waals surface area contributed by atoms with Crippen LogP contribution in [-0.2, 0) is 0 Å². The second-order valence-corrected chi connectivity index (χ2v) is 14.7. The lowest BCUT2D eigenvalue weighted by molar-refractivity contribution is 0.367. The van der Waals surface area contributed by atoms with Crippen molar-refractivity contribution in [2.45, 2.75) is 38.1 Å². The lowest BCUT2D eigenvalue weighted by atomic mass is 9.92. The van der Waals surface area contributed by atoms with Crippen LogP contribution in [0.4, 0.5) is 17.1 Å². The van der Waals surface area contributed by atoms with Crippen LogP contribution in [0.1, 0.15) is 38.1 Å². The summed E-state index contributed by atoms with van der Waals surface area (Å²) in [6.07, 6.45) is 6.56. The number of aromatic nitrogens is 1. The van der Waals surface area contributed by atoms with Gasteiger partial charge in [-0.2, -0.15) is 0 Å². The van der Waals surface area contributed by atoms with Crippen molar-refractivity contribution in [3.8, 4) is 33.4 Å². The zero-order valence-corrected chi connectivity index (χ0v) is 30.4. The predicted octanol–water partition coefficient (Wildman–Crippen LogP) is 14.9. The molecule has 0 spiro atoms. The first-order valence-electron chi connectivity index (χ1n) is 19.5. The maximum Gasteiger partial charge on any atom is 0.0494 e. The molecular weight excluding hydrogens is 653 g/mol. The molecule has 1 fully saturated rings. The number of hydrogen-bond donors (Lipinski definition) is 0. The van der Waals surface area contributed by atoms with E-state index >= 15 is 0 Å². The van der Waals surface area contributed by atoms with Crippen molar-refractivity contribution in [2.24, 2.45) is 0 Å². The third kappa shape index (κ3) is 5.76. The average Bonchev–Trinajstić information content (AvgIpc) is 3.58. The molecule has 1 aliphatic carbocycles. The molecular formula is C52H42N2. The van der Waals surface area contributed by atoms with Crippen molar-refractivity contribution >= 4 is 49.6 Å². The number of benzene rings is 8. The highest BCUT2D eigenvalue weighted by Crippen LogP contribution is 2.42. The number of rotatable bonds is 7. The van der Waals surface area contributed by atoms with E-state index in [1.165, 1.54) is 98.1 Å². The first-order chi connectivity index (χ1) is 26.8. The van der Waals surface area contributed by atoms with Crippen LogP contribution in [0.3, 0.4) is 0 Å². The van der Waals surface area contributed by atoms with Gasteiger partial charge in [-0.3, -0.25) is 0 Å². The van der Waals surface area contributed by atoms with Crippen LogP contribution >= 0.6 is 0 Å². The maximum absolute atomic E-state index is 2.65. The number of para-hydroxylation sites is 2. The van der Waals surface area contributed by atoms with E-state index in [0.29, 0.717) is 6.04 Å². The number of anilines is 3. The molecule has 1 aliphatic rings. The fourth-order valence-electron chi connectivity index (χ4n) is 8.96. The number of fused-ring (bicyclic) bond motifs is 4. The summed E-state index contributed by atoms with van der Waals surface area (Å²) in [6, 6.07) is 69.5. The summed E-state index contributed by atoms with van der Waals surface area (Å²) in [4.78, 5) is 2.33. The molecule has 0 radical (unpaired) electrons. The van der Waals surface area contributed by atoms with Crippen LogP contribution in [0.15, 0.2) is 188 Å². The van der Waals surface area contributed by atoms with Crippen molar-refractivity contribution in [2.75, 3.05) is 4.90 Å². The summed E-state index contributed by atoms with van der Waals surface area (Å²) in [7, 11) is 0. The first kappa shape index (κ1) is 32.3. The minimum atomic E-state index is 0.582. The van der Waals surface area contributed by atoms with Crippen molar-refractivity contribution in [3.05, 3.63) is 188 Å². The van der Waals surface area contributed by atoms with Gasteiger partial charge in [0.2, 0.25) is 0 Å². The molecule has 0 N–H and O–H groups in total. The third-order valence-corrected chi connectivity index (χ3v) is 11.6. The summed E-state index contributed by atoms with van der Waals surface area (Å²) in [5.74, 6) is 0. The van der Waals surface area contributed by atoms with E-state index in [2.05, 4.69) is 198 Å². The quantitative estimate of drug-likeness (QED) is 0.161. The molecule has 10 rings (SSSR count). The van der Waals surface area contributed by atoms with Gasteiger partial charge in [-0.15, -0.1) is 0 Å². The Kier molecular flexibility index (Phi) is 8.30. The van der Waals surface area contributed by atoms with Gasteiger partial charge in [-0.25, -0.2) is 0 Å². The van der Waals surface area contributed by atoms with Crippen molar-refractivity contribution in [1.29, 1.82) is 0 Å². The molecule has 1 heterocycles. The smallest absolute Gasteiger partial charge is 0.0494 e. The molecule has 8 aromatic carbocycles. The Hall–Kier alpha value is -6.38. The van der Waals surface area contributed by atoms with Gasteiger partial charge in [-0.05, 0) is 112 Å². The molecule has 9 aromatic rings. The molecule has 2 heteroatoms. The van der Waals surface area contributed by atoms with Gasteiger partial charge in [0.15, 0.2) is 0 Å². The van der Waals surface area contributed by atoms with Gasteiger partial charge in [0.1, 0.15) is 0 Å². The lowest BCUT2D eigenvalue weighted by Gasteiger charge is -2.26. The zero-order chi connectivity index (χ0) is 35.8. The van der Waals surface area contributed by atoms with Crippen LogP contribution in [0, 0.1) is 0 Å². The van der Waals surface area contributed by atoms with Crippen LogP contribution in [0.5, 0.6) is 0 Å². The van der Waals surface area contributed by atoms with Crippen molar-refractivity contribution in [3.63, 3.8) is 0 Å². The van der Waals surface area contributed by atoms with Gasteiger partial charge in [0.05, 0.1) is 0 Å². The molecule has 0 bridgehead atoms. The summed E-state index contributed by atoms with van der Waals surface area (Å²) in [5.41, 5.74) is 13.5. The Morgan fingerprint density at radius 3 is 1.54 bits per heavy atom. The van der Waals surface area contributed by atoms with E-state index in [-0.39, 0.29) is 0 Å². The summed E-state index contributed by atoms with van der Waals surface area (Å²) in [5, 5.41) is 5.26. The first-order valence-corrected chi connectivity index (χ1v) is 19.5. The van der Waals surface area contributed by atoms with Gasteiger partial charge in [-0.1, -0.05) is 153 Å². The van der Waals surface area contributed by atoms with E-state index in [0.717, 1.165) is 17.1 Å². The molecule has 54 heavy (non-hydrogen) atoms. The molecule has 0 atom stereocenters. The summed E-state index contributed by atoms with van der Waals surface area (Å²) >= 11 is 0. The van der Waals surface area contributed by atoms with Gasteiger partial charge >= 0.3 is 0 Å². The molecule has 0 amide bonds. The highest BCUT2D eigenvalue weighted by Gasteiger charge is 2.21. The summed E-state index contributed by atoms with van der Waals surface area (Å²) < 4.78 is 2.65. The van der Waals surface area contributed by atoms with Crippen LogP contribution in [0.25, 0.3) is 66.0 Å². The average molecular weight is 695 g/mol. The zero-order valence-electron chi connectivity index (χ0n) is 30.4. The van der Waals surface area contributed by atoms with Gasteiger partial charge in [0.25, 0.3) is 0 Å². The number of nitrogens with zero attached hydrogens (tertiary/aromatic N) is 2. The standard InChI is InChI=1S/C52H42N2/c1-4-14-37(15-5-1)38-26-31-43(32-27-38)53(41-16-6-2-7-17-41)44-33-28-39(29-34-44)45-21-12-24-48-46(22-13-23-47(45)48)40-30-35-52-50(36-40)49-20-10-11-25-51(49)54(52)42-18-8-3-9-19-42/h1-2,4-7,10-17,20-36,42H,3,8-9,18-19H2. The lowest BCUT2D eigenvalue weighted by Crippen LogP contribution is -2.12. The van der Waals surface area contributed by atoms with E-state index in [1.54, 1.807) is 0 Å². The predicted molar refractivity (Wildman–Crippen MR) is 230 cm³/mol. The molecule has 2 nitrogen and oxygen atoms in total. The largest absolute Gasteiger partial charge is 0.337 e. The molecule has 1 aromatic heterocycles. The molecule has 0 aliphatic heterocycles. The monoisotopic (exact) mass is 694 g/mol. The van der Waals surface area contributed by atoms with Crippen LogP contribution in [-0.4, -0.2) is 4.57 Å². The minimum absolute atomic E-state index is 0.582. The second-order valence-electron chi connectivity index (χ2n) is 14.7. The van der Waals surface area contributed by atoms with Crippen molar-refractivity contribution in [1.82, 2.24) is 4.57 Å². The highest BCUT2D eigenvalue weighted by molar-refractivity contribution is 6.11. The van der Waals surface area contributed by atoms with Crippen LogP contribution < -0.4 is 4.90 Å². The SMILES string of the molecule is c1ccc(-c2ccc(N(c3ccccc3)c3ccc(-c4cccc5c(-c6ccc7c(c6)c6ccccc6n7C6CCCCC6)cccc45)cc3)cc2)cc1. The second kappa shape index (κ2) is 13.9. The molecule has 260 valence electrons. The van der Waals surface area contributed by atoms with Gasteiger partial charge < -0.3 is 9.47 Å². The Balaban J connectivity index is 1.02. The van der Waals surface area contributed by atoms with Gasteiger partial charge in [0, 0.05) is 44.9 Å². The van der Waals surface area contributed by atoms with E-state index < -0.39 is 0 Å². The Morgan fingerprint density at radius 2 is 0.852 bits per heavy atom. The highest BCUT2D eigenvalue weighted by atomic mass is 15.1. The van der Waals surface area contributed by atoms with Crippen LogP contribution in [0.2, 0.25) is 0 Å². The fraction of sp³-hybridized carbons (Fsp3) is 0.115. The summed E-state index contributed by atoms with van der Waals surface area (Å²) in [6.45, 7) is 0. The van der Waals surface area contributed by atoms with E-state index in [9.17, 15) is 0 Å². The van der Waals surface area contributed by atoms with E-state index in [4.69, 9.17) is 0 Å². The Bertz CT molecular complexity index is 2720. The number of hydrogen-bond acceptors (Lipinski definition) is 1. The fourth-order valence-corrected chi connectivity index (χ4v) is 8.96. The normalized spacial score (nSPS) is 13.5. The molecule has 0 unspecified atom stereocenters. The Morgan fingerprint density at radius 1 is 0.352 bits per heavy atom. The maximum atomic E-state index is 2.65. The molecule has 0 saturated heterocycles. The van der Waals surface area contributed by atoms with Crippen molar-refractivity contribution < 1.29 is 0 Å². The third-order valence-electron chi connectivity index (χ3n) is 11.6. The topological polar surface area (TPSA) is 8.17 Å². The Labute approximate surface area is 317 Å². The minimum Gasteiger partial charge on any atom is -0.337 e. The molecule has 1 saturated carbocycles.